The van der Waals surface area contributed by atoms with Gasteiger partial charge in [-0.2, -0.15) is 8.78 Å². The fourth-order valence-corrected chi connectivity index (χ4v) is 2.64. The third-order valence-corrected chi connectivity index (χ3v) is 4.11. The van der Waals surface area contributed by atoms with Crippen molar-refractivity contribution in [3.05, 3.63) is 23.9 Å². The van der Waals surface area contributed by atoms with E-state index in [0.29, 0.717) is 24.6 Å². The maximum atomic E-state index is 12.8. The number of carbonyl (C=O) groups is 1. The molecule has 1 fully saturated rings. The predicted octanol–water partition coefficient (Wildman–Crippen LogP) is 2.43. The minimum atomic E-state index is -4.24. The van der Waals surface area contributed by atoms with Gasteiger partial charge in [0.2, 0.25) is 5.88 Å². The molecule has 0 atom stereocenters. The van der Waals surface area contributed by atoms with Crippen LogP contribution in [-0.4, -0.2) is 61.4 Å². The second kappa shape index (κ2) is 8.46. The molecular weight excluding hydrogens is 342 g/mol. The number of hydrogen-bond donors (Lipinski definition) is 1. The van der Waals surface area contributed by atoms with Gasteiger partial charge in [0.05, 0.1) is 5.56 Å². The molecule has 1 saturated heterocycles. The Kier molecular flexibility index (Phi) is 6.57. The van der Waals surface area contributed by atoms with Crippen molar-refractivity contribution >= 4 is 5.91 Å². The highest BCUT2D eigenvalue weighted by molar-refractivity contribution is 5.94. The summed E-state index contributed by atoms with van der Waals surface area (Å²) >= 11 is 0. The summed E-state index contributed by atoms with van der Waals surface area (Å²) in [6, 6.07) is 2.62. The highest BCUT2D eigenvalue weighted by Crippen LogP contribution is 2.24. The molecule has 1 amide bonds. The predicted molar refractivity (Wildman–Crippen MR) is 83.2 cm³/mol. The zero-order valence-corrected chi connectivity index (χ0v) is 13.9. The van der Waals surface area contributed by atoms with Gasteiger partial charge in [0.15, 0.2) is 6.61 Å². The van der Waals surface area contributed by atoms with Crippen molar-refractivity contribution in [3.63, 3.8) is 0 Å². The highest BCUT2D eigenvalue weighted by Gasteiger charge is 2.41. The van der Waals surface area contributed by atoms with Crippen LogP contribution in [0.1, 0.15) is 23.2 Å². The number of halogens is 4. The number of amides is 1. The van der Waals surface area contributed by atoms with Gasteiger partial charge >= 0.3 is 12.3 Å². The van der Waals surface area contributed by atoms with Crippen LogP contribution in [0.25, 0.3) is 0 Å². The molecule has 140 valence electrons. The molecule has 1 aromatic heterocycles. The maximum absolute atomic E-state index is 12.8. The van der Waals surface area contributed by atoms with Crippen molar-refractivity contribution < 1.29 is 27.1 Å². The lowest BCUT2D eigenvalue weighted by atomic mass is 9.96. The van der Waals surface area contributed by atoms with Crippen LogP contribution in [0.5, 0.6) is 5.88 Å². The monoisotopic (exact) mass is 363 g/mol. The number of alkyl halides is 4. The average Bonchev–Trinajstić information content (AvgIpc) is 2.61. The molecule has 9 heteroatoms. The first-order chi connectivity index (χ1) is 11.8. The minimum absolute atomic E-state index is 0.195. The first-order valence-electron chi connectivity index (χ1n) is 8.02. The summed E-state index contributed by atoms with van der Waals surface area (Å²) in [6.45, 7) is 0.733. The number of piperidine rings is 1. The van der Waals surface area contributed by atoms with Crippen molar-refractivity contribution in [2.24, 2.45) is 5.92 Å². The van der Waals surface area contributed by atoms with Gasteiger partial charge in [-0.15, -0.1) is 0 Å². The van der Waals surface area contributed by atoms with Crippen LogP contribution in [-0.2, 0) is 0 Å². The molecule has 0 bridgehead atoms. The van der Waals surface area contributed by atoms with Gasteiger partial charge in [-0.25, -0.2) is 13.8 Å². The van der Waals surface area contributed by atoms with Crippen molar-refractivity contribution in [2.75, 3.05) is 33.3 Å². The molecule has 0 spiro atoms. The van der Waals surface area contributed by atoms with Gasteiger partial charge in [-0.3, -0.25) is 4.79 Å². The first-order valence-corrected chi connectivity index (χ1v) is 8.02. The molecule has 0 unspecified atom stereocenters. The maximum Gasteiger partial charge on any atom is 0.340 e. The normalized spacial score (nSPS) is 16.3. The largest absolute Gasteiger partial charge is 0.471 e. The summed E-state index contributed by atoms with van der Waals surface area (Å²) in [6.07, 6.45) is -0.787. The average molecular weight is 363 g/mol. The summed E-state index contributed by atoms with van der Waals surface area (Å²) in [5.74, 6) is -4.13. The van der Waals surface area contributed by atoms with E-state index in [-0.39, 0.29) is 11.8 Å². The lowest BCUT2D eigenvalue weighted by molar-refractivity contribution is -0.148. The zero-order chi connectivity index (χ0) is 18.4. The summed E-state index contributed by atoms with van der Waals surface area (Å²) in [4.78, 5) is 17.9. The van der Waals surface area contributed by atoms with E-state index in [1.165, 1.54) is 18.3 Å². The molecule has 25 heavy (non-hydrogen) atoms. The quantitative estimate of drug-likeness (QED) is 0.756. The number of hydrogen-bond acceptors (Lipinski definition) is 4. The van der Waals surface area contributed by atoms with E-state index in [0.717, 1.165) is 19.4 Å². The molecule has 0 aromatic carbocycles. The Bertz CT molecular complexity index is 561. The number of carbonyl (C=O) groups excluding carboxylic acids is 1. The Morgan fingerprint density at radius 3 is 2.60 bits per heavy atom. The molecule has 1 N–H and O–H groups in total. The Morgan fingerprint density at radius 2 is 2.08 bits per heavy atom. The lowest BCUT2D eigenvalue weighted by Crippen LogP contribution is -2.40. The fraction of sp³-hybridized carbons (Fsp3) is 0.625. The molecule has 2 rings (SSSR count). The van der Waals surface area contributed by atoms with E-state index < -0.39 is 19.0 Å². The van der Waals surface area contributed by atoms with Gasteiger partial charge in [0, 0.05) is 25.4 Å². The zero-order valence-electron chi connectivity index (χ0n) is 13.9. The number of aromatic nitrogens is 1. The number of nitrogens with zero attached hydrogens (tertiary/aromatic N) is 2. The van der Waals surface area contributed by atoms with Crippen LogP contribution in [0.4, 0.5) is 17.6 Å². The molecule has 2 heterocycles. The molecule has 0 aliphatic carbocycles. The fourth-order valence-electron chi connectivity index (χ4n) is 2.64. The SMILES string of the molecule is CNCC1CCN(C(=O)c2ccc(OCC(F)(F)C(F)F)nc2)CC1. The van der Waals surface area contributed by atoms with Gasteiger partial charge in [0.1, 0.15) is 0 Å². The van der Waals surface area contributed by atoms with Gasteiger partial charge in [-0.1, -0.05) is 0 Å². The third kappa shape index (κ3) is 5.29. The van der Waals surface area contributed by atoms with Gasteiger partial charge < -0.3 is 15.0 Å². The smallest absolute Gasteiger partial charge is 0.340 e. The van der Waals surface area contributed by atoms with Crippen molar-refractivity contribution in [3.8, 4) is 5.88 Å². The molecule has 0 saturated carbocycles. The van der Waals surface area contributed by atoms with E-state index in [1.54, 1.807) is 4.90 Å². The van der Waals surface area contributed by atoms with Crippen molar-refractivity contribution in [1.82, 2.24) is 15.2 Å². The van der Waals surface area contributed by atoms with Gasteiger partial charge in [0.25, 0.3) is 5.91 Å². The molecule has 1 aliphatic heterocycles. The molecule has 1 aromatic rings. The van der Waals surface area contributed by atoms with Crippen LogP contribution < -0.4 is 10.1 Å². The second-order valence-corrected chi connectivity index (χ2v) is 6.03. The first kappa shape index (κ1) is 19.4. The van der Waals surface area contributed by atoms with E-state index in [4.69, 9.17) is 0 Å². The number of pyridine rings is 1. The van der Waals surface area contributed by atoms with Crippen LogP contribution >= 0.6 is 0 Å². The lowest BCUT2D eigenvalue weighted by Gasteiger charge is -2.32. The topological polar surface area (TPSA) is 54.5 Å². The Balaban J connectivity index is 1.88. The van der Waals surface area contributed by atoms with Crippen LogP contribution in [0.3, 0.4) is 0 Å². The molecule has 1 aliphatic rings. The van der Waals surface area contributed by atoms with Crippen molar-refractivity contribution in [1.29, 1.82) is 0 Å². The van der Waals surface area contributed by atoms with Gasteiger partial charge in [-0.05, 0) is 38.4 Å². The van der Waals surface area contributed by atoms with Crippen LogP contribution in [0.2, 0.25) is 0 Å². The molecule has 0 radical (unpaired) electrons. The molecular formula is C16H21F4N3O2. The Morgan fingerprint density at radius 1 is 1.40 bits per heavy atom. The van der Waals surface area contributed by atoms with E-state index in [1.807, 2.05) is 7.05 Å². The Hall–Kier alpha value is -1.90. The summed E-state index contributed by atoms with van der Waals surface area (Å²) in [5, 5.41) is 3.12. The highest BCUT2D eigenvalue weighted by atomic mass is 19.3. The van der Waals surface area contributed by atoms with E-state index >= 15 is 0 Å². The number of ether oxygens (including phenoxy) is 1. The Labute approximate surface area is 143 Å². The van der Waals surface area contributed by atoms with E-state index in [2.05, 4.69) is 15.0 Å². The number of rotatable bonds is 7. The number of nitrogens with one attached hydrogen (secondary N) is 1. The summed E-state index contributed by atoms with van der Waals surface area (Å²) < 4.78 is 54.3. The van der Waals surface area contributed by atoms with Crippen LogP contribution in [0.15, 0.2) is 18.3 Å². The third-order valence-electron chi connectivity index (χ3n) is 4.11. The van der Waals surface area contributed by atoms with Crippen molar-refractivity contribution in [2.45, 2.75) is 25.2 Å². The summed E-state index contributed by atoms with van der Waals surface area (Å²) in [5.41, 5.74) is 0.306. The minimum Gasteiger partial charge on any atom is -0.471 e. The second-order valence-electron chi connectivity index (χ2n) is 6.03. The molecule has 5 nitrogen and oxygen atoms in total. The standard InChI is InChI=1S/C16H21F4N3O2/c1-21-8-11-4-6-23(7-5-11)14(24)12-2-3-13(22-9-12)25-10-16(19,20)15(17)18/h2-3,9,11,15,21H,4-8,10H2,1H3. The number of likely N-dealkylation sites (tertiary alicyclic amines) is 1. The summed E-state index contributed by atoms with van der Waals surface area (Å²) in [7, 11) is 1.89. The van der Waals surface area contributed by atoms with E-state index in [9.17, 15) is 22.4 Å². The van der Waals surface area contributed by atoms with Crippen LogP contribution in [0, 0.1) is 5.92 Å².